The lowest BCUT2D eigenvalue weighted by atomic mass is 10.1. The van der Waals surface area contributed by atoms with Crippen LogP contribution in [0.4, 0.5) is 5.69 Å². The zero-order valence-electron chi connectivity index (χ0n) is 11.6. The van der Waals surface area contributed by atoms with Crippen LogP contribution in [-0.4, -0.2) is 42.7 Å². The van der Waals surface area contributed by atoms with Gasteiger partial charge < -0.3 is 20.5 Å². The largest absolute Gasteiger partial charge is 0.495 e. The molecule has 5 heteroatoms. The van der Waals surface area contributed by atoms with Gasteiger partial charge in [-0.3, -0.25) is 4.79 Å². The van der Waals surface area contributed by atoms with Gasteiger partial charge in [0.1, 0.15) is 5.75 Å². The van der Waals surface area contributed by atoms with Crippen molar-refractivity contribution in [2.24, 2.45) is 0 Å². The molecule has 0 saturated heterocycles. The third-order valence-corrected chi connectivity index (χ3v) is 2.96. The predicted octanol–water partition coefficient (Wildman–Crippen LogP) is 1.51. The summed E-state index contributed by atoms with van der Waals surface area (Å²) in [5, 5.41) is 9.05. The molecule has 0 aliphatic carbocycles. The van der Waals surface area contributed by atoms with E-state index < -0.39 is 0 Å². The number of aliphatic hydroxyl groups excluding tert-OH is 1. The fraction of sp³-hybridized carbons (Fsp3) is 0.500. The highest BCUT2D eigenvalue weighted by molar-refractivity contribution is 6.00. The van der Waals surface area contributed by atoms with Crippen molar-refractivity contribution in [1.29, 1.82) is 0 Å². The van der Waals surface area contributed by atoms with E-state index in [1.165, 1.54) is 7.11 Å². The molecule has 0 atom stereocenters. The van der Waals surface area contributed by atoms with Gasteiger partial charge in [-0.15, -0.1) is 0 Å². The number of nitrogen functional groups attached to an aromatic ring is 1. The maximum absolute atomic E-state index is 12.4. The zero-order valence-corrected chi connectivity index (χ0v) is 11.6. The van der Waals surface area contributed by atoms with Crippen LogP contribution in [0.1, 0.15) is 30.1 Å². The number of carbonyl (C=O) groups is 1. The van der Waals surface area contributed by atoms with E-state index >= 15 is 0 Å². The first-order valence-electron chi connectivity index (χ1n) is 6.48. The molecule has 1 aromatic carbocycles. The summed E-state index contributed by atoms with van der Waals surface area (Å²) in [6, 6.07) is 5.13. The highest BCUT2D eigenvalue weighted by Crippen LogP contribution is 2.25. The Bertz CT molecular complexity index is 421. The van der Waals surface area contributed by atoms with Crippen LogP contribution >= 0.6 is 0 Å². The SMILES string of the molecule is CCCCN(CCO)C(=O)c1cccc(OC)c1N. The van der Waals surface area contributed by atoms with Crippen molar-refractivity contribution in [3.05, 3.63) is 23.8 Å². The normalized spacial score (nSPS) is 10.3. The second-order valence-electron chi connectivity index (χ2n) is 4.29. The number of nitrogens with zero attached hydrogens (tertiary/aromatic N) is 1. The highest BCUT2D eigenvalue weighted by Gasteiger charge is 2.19. The standard InChI is InChI=1S/C14H22N2O3/c1-3-4-8-16(9-10-17)14(18)11-6-5-7-12(19-2)13(11)15/h5-7,17H,3-4,8-10,15H2,1-2H3. The number of para-hydroxylation sites is 1. The number of hydrogen-bond donors (Lipinski definition) is 2. The van der Waals surface area contributed by atoms with Gasteiger partial charge in [-0.25, -0.2) is 0 Å². The molecule has 0 saturated carbocycles. The summed E-state index contributed by atoms with van der Waals surface area (Å²) in [5.41, 5.74) is 6.68. The molecule has 5 nitrogen and oxygen atoms in total. The van der Waals surface area contributed by atoms with Crippen molar-refractivity contribution in [3.63, 3.8) is 0 Å². The number of hydrogen-bond acceptors (Lipinski definition) is 4. The molecular weight excluding hydrogens is 244 g/mol. The maximum atomic E-state index is 12.4. The van der Waals surface area contributed by atoms with Gasteiger partial charge in [-0.1, -0.05) is 19.4 Å². The van der Waals surface area contributed by atoms with Crippen LogP contribution in [0, 0.1) is 0 Å². The summed E-state index contributed by atoms with van der Waals surface area (Å²) < 4.78 is 5.11. The number of amides is 1. The Balaban J connectivity index is 2.95. The monoisotopic (exact) mass is 266 g/mol. The number of aliphatic hydroxyl groups is 1. The van der Waals surface area contributed by atoms with Crippen LogP contribution in [-0.2, 0) is 0 Å². The molecule has 0 radical (unpaired) electrons. The molecule has 3 N–H and O–H groups in total. The van der Waals surface area contributed by atoms with E-state index in [2.05, 4.69) is 6.92 Å². The number of ether oxygens (including phenoxy) is 1. The molecule has 0 unspecified atom stereocenters. The van der Waals surface area contributed by atoms with Crippen LogP contribution in [0.5, 0.6) is 5.75 Å². The molecule has 0 spiro atoms. The summed E-state index contributed by atoms with van der Waals surface area (Å²) in [6.45, 7) is 2.93. The topological polar surface area (TPSA) is 75.8 Å². The number of nitrogens with two attached hydrogens (primary N) is 1. The first-order chi connectivity index (χ1) is 9.15. The van der Waals surface area contributed by atoms with Gasteiger partial charge in [0.05, 0.1) is 25.0 Å². The molecule has 0 aromatic heterocycles. The summed E-state index contributed by atoms with van der Waals surface area (Å²) in [7, 11) is 1.52. The fourth-order valence-corrected chi connectivity index (χ4v) is 1.86. The lowest BCUT2D eigenvalue weighted by Crippen LogP contribution is -2.34. The third kappa shape index (κ3) is 3.86. The summed E-state index contributed by atoms with van der Waals surface area (Å²) in [6.07, 6.45) is 1.89. The molecule has 0 bridgehead atoms. The van der Waals surface area contributed by atoms with Crippen LogP contribution < -0.4 is 10.5 Å². The number of benzene rings is 1. The van der Waals surface area contributed by atoms with Crippen molar-refractivity contribution in [2.45, 2.75) is 19.8 Å². The lowest BCUT2D eigenvalue weighted by Gasteiger charge is -2.22. The molecule has 19 heavy (non-hydrogen) atoms. The Kier molecular flexibility index (Phi) is 6.15. The smallest absolute Gasteiger partial charge is 0.256 e. The zero-order chi connectivity index (χ0) is 14.3. The van der Waals surface area contributed by atoms with E-state index in [9.17, 15) is 4.79 Å². The van der Waals surface area contributed by atoms with Gasteiger partial charge in [0.25, 0.3) is 5.91 Å². The van der Waals surface area contributed by atoms with Crippen molar-refractivity contribution in [3.8, 4) is 5.75 Å². The summed E-state index contributed by atoms with van der Waals surface area (Å²) >= 11 is 0. The Morgan fingerprint density at radius 3 is 2.74 bits per heavy atom. The second kappa shape index (κ2) is 7.63. The highest BCUT2D eigenvalue weighted by atomic mass is 16.5. The molecule has 0 aliphatic rings. The first kappa shape index (κ1) is 15.3. The minimum atomic E-state index is -0.168. The maximum Gasteiger partial charge on any atom is 0.256 e. The average molecular weight is 266 g/mol. The fourth-order valence-electron chi connectivity index (χ4n) is 1.86. The molecular formula is C14H22N2O3. The van der Waals surface area contributed by atoms with Crippen LogP contribution in [0.2, 0.25) is 0 Å². The van der Waals surface area contributed by atoms with Crippen molar-refractivity contribution in [2.75, 3.05) is 32.5 Å². The van der Waals surface area contributed by atoms with Crippen LogP contribution in [0.25, 0.3) is 0 Å². The lowest BCUT2D eigenvalue weighted by molar-refractivity contribution is 0.0720. The van der Waals surface area contributed by atoms with Gasteiger partial charge in [0.15, 0.2) is 0 Å². The first-order valence-corrected chi connectivity index (χ1v) is 6.48. The van der Waals surface area contributed by atoms with Gasteiger partial charge in [-0.05, 0) is 18.6 Å². The quantitative estimate of drug-likeness (QED) is 0.734. The number of anilines is 1. The van der Waals surface area contributed by atoms with Gasteiger partial charge in [-0.2, -0.15) is 0 Å². The summed E-state index contributed by atoms with van der Waals surface area (Å²) in [5.74, 6) is 0.323. The van der Waals surface area contributed by atoms with E-state index in [1.54, 1.807) is 23.1 Å². The minimum Gasteiger partial charge on any atom is -0.495 e. The number of unbranched alkanes of at least 4 members (excludes halogenated alkanes) is 1. The molecule has 0 heterocycles. The minimum absolute atomic E-state index is 0.0562. The molecule has 1 aromatic rings. The molecule has 1 amide bonds. The Morgan fingerprint density at radius 1 is 1.42 bits per heavy atom. The van der Waals surface area contributed by atoms with Crippen molar-refractivity contribution in [1.82, 2.24) is 4.90 Å². The van der Waals surface area contributed by atoms with E-state index in [0.717, 1.165) is 12.8 Å². The Hall–Kier alpha value is -1.75. The average Bonchev–Trinajstić information content (AvgIpc) is 2.43. The van der Waals surface area contributed by atoms with Crippen LogP contribution in [0.3, 0.4) is 0 Å². The van der Waals surface area contributed by atoms with E-state index in [1.807, 2.05) is 0 Å². The van der Waals surface area contributed by atoms with Gasteiger partial charge in [0, 0.05) is 13.1 Å². The third-order valence-electron chi connectivity index (χ3n) is 2.96. The molecule has 106 valence electrons. The van der Waals surface area contributed by atoms with Gasteiger partial charge >= 0.3 is 0 Å². The molecule has 0 aliphatic heterocycles. The van der Waals surface area contributed by atoms with E-state index in [0.29, 0.717) is 30.1 Å². The van der Waals surface area contributed by atoms with Gasteiger partial charge in [0.2, 0.25) is 0 Å². The Labute approximate surface area is 114 Å². The predicted molar refractivity (Wildman–Crippen MR) is 75.3 cm³/mol. The van der Waals surface area contributed by atoms with Crippen molar-refractivity contribution >= 4 is 11.6 Å². The molecule has 0 fully saturated rings. The van der Waals surface area contributed by atoms with E-state index in [-0.39, 0.29) is 12.5 Å². The van der Waals surface area contributed by atoms with Crippen molar-refractivity contribution < 1.29 is 14.6 Å². The summed E-state index contributed by atoms with van der Waals surface area (Å²) in [4.78, 5) is 14.0. The number of methoxy groups -OCH3 is 1. The van der Waals surface area contributed by atoms with Crippen LogP contribution in [0.15, 0.2) is 18.2 Å². The molecule has 1 rings (SSSR count). The second-order valence-corrected chi connectivity index (χ2v) is 4.29. The number of rotatable bonds is 7. The van der Waals surface area contributed by atoms with E-state index in [4.69, 9.17) is 15.6 Å². The number of carbonyl (C=O) groups excluding carboxylic acids is 1. The Morgan fingerprint density at radius 2 is 2.16 bits per heavy atom.